The highest BCUT2D eigenvalue weighted by molar-refractivity contribution is 4.85. The summed E-state index contributed by atoms with van der Waals surface area (Å²) in [5.41, 5.74) is 0. The molecule has 114 valence electrons. The Morgan fingerprint density at radius 1 is 1.37 bits per heavy atom. The van der Waals surface area contributed by atoms with Gasteiger partial charge in [0.1, 0.15) is 6.61 Å². The van der Waals surface area contributed by atoms with E-state index >= 15 is 0 Å². The summed E-state index contributed by atoms with van der Waals surface area (Å²) >= 11 is 0. The Morgan fingerprint density at radius 2 is 2.11 bits per heavy atom. The van der Waals surface area contributed by atoms with Crippen molar-refractivity contribution in [2.24, 2.45) is 5.92 Å². The van der Waals surface area contributed by atoms with Crippen molar-refractivity contribution in [1.82, 2.24) is 10.2 Å². The summed E-state index contributed by atoms with van der Waals surface area (Å²) in [7, 11) is 0. The minimum Gasteiger partial charge on any atom is -0.374 e. The molecule has 0 aromatic rings. The predicted molar refractivity (Wildman–Crippen MR) is 73.7 cm³/mol. The minimum atomic E-state index is -2.36. The van der Waals surface area contributed by atoms with Gasteiger partial charge in [0.25, 0.3) is 6.43 Å². The number of piperazine rings is 1. The van der Waals surface area contributed by atoms with E-state index in [2.05, 4.69) is 31.0 Å². The lowest BCUT2D eigenvalue weighted by Crippen LogP contribution is -2.57. The lowest BCUT2D eigenvalue weighted by atomic mass is 9.99. The molecule has 2 unspecified atom stereocenters. The number of hydrogen-bond acceptors (Lipinski definition) is 3. The van der Waals surface area contributed by atoms with Crippen LogP contribution in [0.3, 0.4) is 0 Å². The van der Waals surface area contributed by atoms with E-state index in [0.717, 1.165) is 32.5 Å². The number of nitrogens with zero attached hydrogens (tertiary/aromatic N) is 1. The second-order valence-electron chi connectivity index (χ2n) is 5.76. The Kier molecular flexibility index (Phi) is 7.80. The molecule has 0 aromatic heterocycles. The van der Waals surface area contributed by atoms with Crippen LogP contribution in [0.2, 0.25) is 0 Å². The highest BCUT2D eigenvalue weighted by Gasteiger charge is 2.26. The molecule has 0 aliphatic carbocycles. The van der Waals surface area contributed by atoms with Crippen molar-refractivity contribution in [1.29, 1.82) is 0 Å². The van der Waals surface area contributed by atoms with E-state index in [9.17, 15) is 8.78 Å². The van der Waals surface area contributed by atoms with E-state index in [4.69, 9.17) is 4.74 Å². The van der Waals surface area contributed by atoms with Gasteiger partial charge in [0.05, 0.1) is 6.61 Å². The molecular formula is C14H28F2N2O. The molecule has 0 aromatic carbocycles. The Balaban J connectivity index is 2.32. The topological polar surface area (TPSA) is 24.5 Å². The third-order valence-corrected chi connectivity index (χ3v) is 3.61. The molecule has 1 aliphatic heterocycles. The molecule has 3 nitrogen and oxygen atoms in total. The molecule has 1 rings (SSSR count). The van der Waals surface area contributed by atoms with Crippen molar-refractivity contribution >= 4 is 0 Å². The molecule has 1 saturated heterocycles. The predicted octanol–water partition coefficient (Wildman–Crippen LogP) is 2.37. The molecule has 0 spiro atoms. The van der Waals surface area contributed by atoms with E-state index in [1.165, 1.54) is 0 Å². The maximum atomic E-state index is 12.0. The molecule has 0 saturated carbocycles. The summed E-state index contributed by atoms with van der Waals surface area (Å²) in [6.07, 6.45) is -0.125. The smallest absolute Gasteiger partial charge is 0.261 e. The molecule has 2 atom stereocenters. The molecule has 1 aliphatic rings. The second-order valence-corrected chi connectivity index (χ2v) is 5.76. The van der Waals surface area contributed by atoms with Gasteiger partial charge in [-0.3, -0.25) is 4.90 Å². The highest BCUT2D eigenvalue weighted by Crippen LogP contribution is 2.15. The van der Waals surface area contributed by atoms with Crippen LogP contribution in [0.5, 0.6) is 0 Å². The first-order chi connectivity index (χ1) is 9.02. The van der Waals surface area contributed by atoms with E-state index < -0.39 is 13.0 Å². The van der Waals surface area contributed by atoms with Crippen LogP contribution in [-0.4, -0.2) is 56.3 Å². The standard InChI is InChI=1S/C14H28F2N2O/c1-4-13-8-17-12(7-11(2)3)9-18(13)5-6-19-10-14(15)16/h11-14,17H,4-10H2,1-3H3. The normalized spacial score (nSPS) is 25.4. The van der Waals surface area contributed by atoms with Gasteiger partial charge in [0, 0.05) is 31.7 Å². The van der Waals surface area contributed by atoms with Gasteiger partial charge in [-0.2, -0.15) is 0 Å². The van der Waals surface area contributed by atoms with Crippen LogP contribution in [0.4, 0.5) is 8.78 Å². The van der Waals surface area contributed by atoms with E-state index in [0.29, 0.717) is 24.6 Å². The summed E-state index contributed by atoms with van der Waals surface area (Å²) in [4.78, 5) is 2.38. The van der Waals surface area contributed by atoms with Crippen LogP contribution >= 0.6 is 0 Å². The average Bonchev–Trinajstić information content (AvgIpc) is 2.34. The maximum absolute atomic E-state index is 12.0. The van der Waals surface area contributed by atoms with E-state index in [-0.39, 0.29) is 0 Å². The van der Waals surface area contributed by atoms with Gasteiger partial charge >= 0.3 is 0 Å². The molecule has 0 amide bonds. The fourth-order valence-electron chi connectivity index (χ4n) is 2.69. The second kappa shape index (κ2) is 8.82. The van der Waals surface area contributed by atoms with Crippen molar-refractivity contribution in [3.05, 3.63) is 0 Å². The van der Waals surface area contributed by atoms with Gasteiger partial charge < -0.3 is 10.1 Å². The first-order valence-electron chi connectivity index (χ1n) is 7.36. The molecule has 19 heavy (non-hydrogen) atoms. The number of nitrogens with one attached hydrogen (secondary N) is 1. The van der Waals surface area contributed by atoms with Crippen molar-refractivity contribution < 1.29 is 13.5 Å². The van der Waals surface area contributed by atoms with Crippen LogP contribution in [0.25, 0.3) is 0 Å². The molecular weight excluding hydrogens is 250 g/mol. The Hall–Kier alpha value is -0.260. The van der Waals surface area contributed by atoms with Gasteiger partial charge in [-0.05, 0) is 18.8 Å². The third kappa shape index (κ3) is 6.63. The van der Waals surface area contributed by atoms with Gasteiger partial charge in [-0.1, -0.05) is 20.8 Å². The van der Waals surface area contributed by atoms with E-state index in [1.54, 1.807) is 0 Å². The Bertz CT molecular complexity index is 239. The van der Waals surface area contributed by atoms with Crippen LogP contribution < -0.4 is 5.32 Å². The highest BCUT2D eigenvalue weighted by atomic mass is 19.3. The van der Waals surface area contributed by atoms with Crippen molar-refractivity contribution in [2.45, 2.75) is 52.1 Å². The molecule has 1 N–H and O–H groups in total. The zero-order valence-electron chi connectivity index (χ0n) is 12.4. The van der Waals surface area contributed by atoms with Crippen LogP contribution in [-0.2, 0) is 4.74 Å². The van der Waals surface area contributed by atoms with Gasteiger partial charge in [0.15, 0.2) is 0 Å². The average molecular weight is 278 g/mol. The van der Waals surface area contributed by atoms with Gasteiger partial charge in [-0.25, -0.2) is 8.78 Å². The SMILES string of the molecule is CCC1CNC(CC(C)C)CN1CCOCC(F)F. The van der Waals surface area contributed by atoms with E-state index in [1.807, 2.05) is 0 Å². The number of rotatable bonds is 8. The Labute approximate surface area is 115 Å². The fraction of sp³-hybridized carbons (Fsp3) is 1.00. The molecule has 0 radical (unpaired) electrons. The number of ether oxygens (including phenoxy) is 1. The number of hydrogen-bond donors (Lipinski definition) is 1. The zero-order chi connectivity index (χ0) is 14.3. The molecule has 1 fully saturated rings. The summed E-state index contributed by atoms with van der Waals surface area (Å²) in [5, 5.41) is 3.59. The van der Waals surface area contributed by atoms with Gasteiger partial charge in [0.2, 0.25) is 0 Å². The first kappa shape index (κ1) is 16.8. The van der Waals surface area contributed by atoms with Gasteiger partial charge in [-0.15, -0.1) is 0 Å². The van der Waals surface area contributed by atoms with Crippen LogP contribution in [0.1, 0.15) is 33.6 Å². The zero-order valence-corrected chi connectivity index (χ0v) is 12.4. The quantitative estimate of drug-likeness (QED) is 0.690. The van der Waals surface area contributed by atoms with Crippen LogP contribution in [0.15, 0.2) is 0 Å². The van der Waals surface area contributed by atoms with Crippen molar-refractivity contribution in [2.75, 3.05) is 32.8 Å². The third-order valence-electron chi connectivity index (χ3n) is 3.61. The van der Waals surface area contributed by atoms with Crippen molar-refractivity contribution in [3.8, 4) is 0 Å². The Morgan fingerprint density at radius 3 is 2.68 bits per heavy atom. The molecule has 5 heteroatoms. The number of halogens is 2. The summed E-state index contributed by atoms with van der Waals surface area (Å²) in [6.45, 7) is 9.31. The van der Waals surface area contributed by atoms with Crippen LogP contribution in [0, 0.1) is 5.92 Å². The van der Waals surface area contributed by atoms with Crippen molar-refractivity contribution in [3.63, 3.8) is 0 Å². The molecule has 0 bridgehead atoms. The lowest BCUT2D eigenvalue weighted by Gasteiger charge is -2.40. The molecule has 1 heterocycles. The minimum absolute atomic E-state index is 0.398. The maximum Gasteiger partial charge on any atom is 0.261 e. The summed E-state index contributed by atoms with van der Waals surface area (Å²) in [5.74, 6) is 0.674. The summed E-state index contributed by atoms with van der Waals surface area (Å²) < 4.78 is 29.0. The number of alkyl halides is 2. The lowest BCUT2D eigenvalue weighted by molar-refractivity contribution is 0.000531. The summed E-state index contributed by atoms with van der Waals surface area (Å²) in [6, 6.07) is 1.01. The monoisotopic (exact) mass is 278 g/mol. The largest absolute Gasteiger partial charge is 0.374 e. The first-order valence-corrected chi connectivity index (χ1v) is 7.36. The fourth-order valence-corrected chi connectivity index (χ4v) is 2.69.